The smallest absolute Gasteiger partial charge is 0.238 e. The predicted molar refractivity (Wildman–Crippen MR) is 96.1 cm³/mol. The van der Waals surface area contributed by atoms with Gasteiger partial charge < -0.3 is 15.5 Å². The second-order valence-electron chi connectivity index (χ2n) is 6.31. The summed E-state index contributed by atoms with van der Waals surface area (Å²) in [5.41, 5.74) is 3.08. The third kappa shape index (κ3) is 5.04. The highest BCUT2D eigenvalue weighted by Gasteiger charge is 2.19. The molecule has 6 nitrogen and oxygen atoms in total. The minimum absolute atomic E-state index is 0.0805. The Morgan fingerprint density at radius 2 is 1.96 bits per heavy atom. The van der Waals surface area contributed by atoms with Crippen molar-refractivity contribution >= 4 is 17.5 Å². The van der Waals surface area contributed by atoms with Crippen molar-refractivity contribution in [3.05, 3.63) is 29.3 Å². The van der Waals surface area contributed by atoms with E-state index in [2.05, 4.69) is 17.6 Å². The number of carbonyl (C=O) groups excluding carboxylic acids is 2. The van der Waals surface area contributed by atoms with E-state index in [4.69, 9.17) is 0 Å². The first-order chi connectivity index (χ1) is 11.5. The number of para-hydroxylation sites is 1. The molecule has 132 valence electrons. The lowest BCUT2D eigenvalue weighted by molar-refractivity contribution is -0.133. The van der Waals surface area contributed by atoms with Gasteiger partial charge in [-0.1, -0.05) is 25.1 Å². The zero-order chi connectivity index (χ0) is 17.5. The molecule has 0 atom stereocenters. The second kappa shape index (κ2) is 8.80. The number of benzene rings is 1. The first-order valence-corrected chi connectivity index (χ1v) is 8.56. The van der Waals surface area contributed by atoms with Crippen molar-refractivity contribution in [2.45, 2.75) is 20.3 Å². The fourth-order valence-corrected chi connectivity index (χ4v) is 2.93. The number of carbonyl (C=O) groups is 2. The van der Waals surface area contributed by atoms with Crippen LogP contribution < -0.4 is 10.6 Å². The molecule has 1 aliphatic rings. The van der Waals surface area contributed by atoms with Crippen molar-refractivity contribution in [1.82, 2.24) is 15.1 Å². The van der Waals surface area contributed by atoms with Gasteiger partial charge in [0.05, 0.1) is 13.1 Å². The molecular formula is C18H28N4O2. The van der Waals surface area contributed by atoms with Crippen molar-refractivity contribution in [2.75, 3.05) is 51.6 Å². The van der Waals surface area contributed by atoms with Gasteiger partial charge in [-0.15, -0.1) is 0 Å². The molecule has 0 aromatic heterocycles. The Labute approximate surface area is 144 Å². The number of piperazine rings is 1. The summed E-state index contributed by atoms with van der Waals surface area (Å²) in [6.45, 7) is 7.68. The lowest BCUT2D eigenvalue weighted by Crippen LogP contribution is -2.49. The van der Waals surface area contributed by atoms with E-state index in [1.807, 2.05) is 30.0 Å². The summed E-state index contributed by atoms with van der Waals surface area (Å²) < 4.78 is 0. The van der Waals surface area contributed by atoms with E-state index in [1.165, 1.54) is 0 Å². The average molecular weight is 332 g/mol. The Morgan fingerprint density at radius 3 is 2.62 bits per heavy atom. The number of rotatable bonds is 6. The van der Waals surface area contributed by atoms with Gasteiger partial charge in [-0.05, 0) is 31.5 Å². The minimum atomic E-state index is -0.0883. The van der Waals surface area contributed by atoms with Crippen LogP contribution in [0.5, 0.6) is 0 Å². The molecule has 2 amide bonds. The molecule has 1 saturated heterocycles. The molecule has 0 radical (unpaired) electrons. The van der Waals surface area contributed by atoms with E-state index in [0.29, 0.717) is 0 Å². The number of aryl methyl sites for hydroxylation is 2. The summed E-state index contributed by atoms with van der Waals surface area (Å²) in [6, 6.07) is 6.02. The molecule has 0 bridgehead atoms. The Morgan fingerprint density at radius 1 is 1.25 bits per heavy atom. The molecular weight excluding hydrogens is 304 g/mol. The highest BCUT2D eigenvalue weighted by molar-refractivity contribution is 5.94. The fourth-order valence-electron chi connectivity index (χ4n) is 2.93. The highest BCUT2D eigenvalue weighted by atomic mass is 16.2. The first-order valence-electron chi connectivity index (χ1n) is 8.56. The van der Waals surface area contributed by atoms with Crippen LogP contribution in [-0.2, 0) is 16.0 Å². The van der Waals surface area contributed by atoms with Gasteiger partial charge in [-0.2, -0.15) is 0 Å². The summed E-state index contributed by atoms with van der Waals surface area (Å²) in [5.74, 6) is -0.00782. The second-order valence-corrected chi connectivity index (χ2v) is 6.31. The maximum absolute atomic E-state index is 12.3. The summed E-state index contributed by atoms with van der Waals surface area (Å²) in [5, 5.41) is 6.22. The molecule has 1 heterocycles. The number of nitrogens with zero attached hydrogens (tertiary/aromatic N) is 2. The number of hydrogen-bond acceptors (Lipinski definition) is 4. The standard InChI is InChI=1S/C18H28N4O2/c1-4-15-7-5-6-14(2)18(15)20-16(23)12-21(3)13-17(24)22-10-8-19-9-11-22/h5-7,19H,4,8-13H2,1-3H3,(H,20,23). The third-order valence-corrected chi connectivity index (χ3v) is 4.29. The number of anilines is 1. The van der Waals surface area contributed by atoms with E-state index < -0.39 is 0 Å². The topological polar surface area (TPSA) is 64.7 Å². The van der Waals surface area contributed by atoms with Crippen LogP contribution in [0.25, 0.3) is 0 Å². The molecule has 2 rings (SSSR count). The van der Waals surface area contributed by atoms with Crippen molar-refractivity contribution < 1.29 is 9.59 Å². The number of nitrogens with one attached hydrogen (secondary N) is 2. The van der Waals surface area contributed by atoms with Crippen LogP contribution in [0.3, 0.4) is 0 Å². The van der Waals surface area contributed by atoms with E-state index in [1.54, 1.807) is 11.9 Å². The molecule has 1 aromatic rings. The van der Waals surface area contributed by atoms with Gasteiger partial charge in [-0.25, -0.2) is 0 Å². The monoisotopic (exact) mass is 332 g/mol. The number of likely N-dealkylation sites (N-methyl/N-ethyl adjacent to an activating group) is 1. The summed E-state index contributed by atoms with van der Waals surface area (Å²) in [6.07, 6.45) is 0.870. The molecule has 2 N–H and O–H groups in total. The largest absolute Gasteiger partial charge is 0.339 e. The van der Waals surface area contributed by atoms with Crippen LogP contribution in [-0.4, -0.2) is 67.9 Å². The predicted octanol–water partition coefficient (Wildman–Crippen LogP) is 0.860. The Balaban J connectivity index is 1.86. The lowest BCUT2D eigenvalue weighted by atomic mass is 10.1. The Bertz CT molecular complexity index is 582. The van der Waals surface area contributed by atoms with Crippen LogP contribution in [0.4, 0.5) is 5.69 Å². The molecule has 24 heavy (non-hydrogen) atoms. The highest BCUT2D eigenvalue weighted by Crippen LogP contribution is 2.20. The van der Waals surface area contributed by atoms with Crippen molar-refractivity contribution in [2.24, 2.45) is 0 Å². The van der Waals surface area contributed by atoms with Crippen LogP contribution in [0.2, 0.25) is 0 Å². The van der Waals surface area contributed by atoms with Crippen molar-refractivity contribution in [1.29, 1.82) is 0 Å². The molecule has 0 unspecified atom stereocenters. The summed E-state index contributed by atoms with van der Waals surface area (Å²) in [4.78, 5) is 28.2. The average Bonchev–Trinajstić information content (AvgIpc) is 2.57. The van der Waals surface area contributed by atoms with Gasteiger partial charge in [0.2, 0.25) is 11.8 Å². The number of hydrogen-bond donors (Lipinski definition) is 2. The van der Waals surface area contributed by atoms with E-state index in [0.717, 1.165) is 49.4 Å². The van der Waals surface area contributed by atoms with Crippen LogP contribution in [0.15, 0.2) is 18.2 Å². The molecule has 0 spiro atoms. The van der Waals surface area contributed by atoms with E-state index in [-0.39, 0.29) is 24.9 Å². The van der Waals surface area contributed by atoms with Gasteiger partial charge >= 0.3 is 0 Å². The van der Waals surface area contributed by atoms with Crippen molar-refractivity contribution in [3.8, 4) is 0 Å². The normalized spacial score (nSPS) is 14.8. The zero-order valence-electron chi connectivity index (χ0n) is 14.9. The maximum Gasteiger partial charge on any atom is 0.238 e. The lowest BCUT2D eigenvalue weighted by Gasteiger charge is -2.29. The van der Waals surface area contributed by atoms with Gasteiger partial charge in [0.25, 0.3) is 0 Å². The van der Waals surface area contributed by atoms with E-state index >= 15 is 0 Å². The third-order valence-electron chi connectivity index (χ3n) is 4.29. The molecule has 6 heteroatoms. The molecule has 1 fully saturated rings. The van der Waals surface area contributed by atoms with E-state index in [9.17, 15) is 9.59 Å². The molecule has 0 aliphatic carbocycles. The van der Waals surface area contributed by atoms with Crippen LogP contribution >= 0.6 is 0 Å². The summed E-state index contributed by atoms with van der Waals surface area (Å²) >= 11 is 0. The minimum Gasteiger partial charge on any atom is -0.339 e. The molecule has 1 aromatic carbocycles. The zero-order valence-corrected chi connectivity index (χ0v) is 14.9. The number of amides is 2. The molecule has 0 saturated carbocycles. The van der Waals surface area contributed by atoms with Gasteiger partial charge in [-0.3, -0.25) is 14.5 Å². The van der Waals surface area contributed by atoms with Crippen LogP contribution in [0, 0.1) is 6.92 Å². The Kier molecular flexibility index (Phi) is 6.75. The van der Waals surface area contributed by atoms with Gasteiger partial charge in [0, 0.05) is 31.9 Å². The Hall–Kier alpha value is -1.92. The summed E-state index contributed by atoms with van der Waals surface area (Å²) in [7, 11) is 1.80. The quantitative estimate of drug-likeness (QED) is 0.811. The molecule has 1 aliphatic heterocycles. The maximum atomic E-state index is 12.3. The fraction of sp³-hybridized carbons (Fsp3) is 0.556. The van der Waals surface area contributed by atoms with Crippen molar-refractivity contribution in [3.63, 3.8) is 0 Å². The van der Waals surface area contributed by atoms with Gasteiger partial charge in [0.1, 0.15) is 0 Å². The van der Waals surface area contributed by atoms with Crippen LogP contribution in [0.1, 0.15) is 18.1 Å². The van der Waals surface area contributed by atoms with Gasteiger partial charge in [0.15, 0.2) is 0 Å². The first kappa shape index (κ1) is 18.4. The SMILES string of the molecule is CCc1cccc(C)c1NC(=O)CN(C)CC(=O)N1CCNCC1.